The maximum atomic E-state index is 12.3. The van der Waals surface area contributed by atoms with Crippen LogP contribution in [0, 0.1) is 12.8 Å². The van der Waals surface area contributed by atoms with Crippen molar-refractivity contribution < 1.29 is 17.9 Å². The lowest BCUT2D eigenvalue weighted by atomic mass is 10.1. The van der Waals surface area contributed by atoms with Crippen LogP contribution >= 0.6 is 11.3 Å². The van der Waals surface area contributed by atoms with Crippen LogP contribution in [-0.2, 0) is 19.6 Å². The molecule has 1 atom stereocenters. The number of ether oxygens (including phenoxy) is 1. The van der Waals surface area contributed by atoms with Crippen LogP contribution in [0.4, 0.5) is 0 Å². The molecule has 1 rings (SSSR count). The molecule has 1 N–H and O–H groups in total. The summed E-state index contributed by atoms with van der Waals surface area (Å²) in [7, 11) is -3.72. The minimum atomic E-state index is -3.72. The van der Waals surface area contributed by atoms with Crippen LogP contribution in [0.2, 0.25) is 0 Å². The summed E-state index contributed by atoms with van der Waals surface area (Å²) >= 11 is 1.17. The highest BCUT2D eigenvalue weighted by molar-refractivity contribution is 7.91. The summed E-state index contributed by atoms with van der Waals surface area (Å²) in [5.41, 5.74) is -0.658. The molecule has 120 valence electrons. The Balaban J connectivity index is 2.96. The Bertz CT molecular complexity index is 597. The van der Waals surface area contributed by atoms with Crippen molar-refractivity contribution in [1.82, 2.24) is 4.72 Å². The van der Waals surface area contributed by atoms with Crippen molar-refractivity contribution >= 4 is 27.3 Å². The lowest BCUT2D eigenvalue weighted by Gasteiger charge is -2.26. The van der Waals surface area contributed by atoms with Crippen LogP contribution in [0.1, 0.15) is 39.5 Å². The maximum Gasteiger partial charge on any atom is 0.324 e. The number of rotatable bonds is 5. The van der Waals surface area contributed by atoms with Crippen molar-refractivity contribution in [3.63, 3.8) is 0 Å². The molecule has 0 unspecified atom stereocenters. The van der Waals surface area contributed by atoms with Gasteiger partial charge in [0.15, 0.2) is 0 Å². The molecule has 0 aliphatic heterocycles. The smallest absolute Gasteiger partial charge is 0.324 e. The fourth-order valence-corrected chi connectivity index (χ4v) is 4.24. The summed E-state index contributed by atoms with van der Waals surface area (Å²) in [5.74, 6) is -0.773. The summed E-state index contributed by atoms with van der Waals surface area (Å²) in [6.07, 6.45) is 0. The number of nitrogens with one attached hydrogen (secondary N) is 1. The van der Waals surface area contributed by atoms with Crippen molar-refractivity contribution in [2.24, 2.45) is 5.92 Å². The Labute approximate surface area is 130 Å². The zero-order valence-corrected chi connectivity index (χ0v) is 14.9. The van der Waals surface area contributed by atoms with Crippen molar-refractivity contribution in [2.45, 2.75) is 57.4 Å². The number of esters is 1. The van der Waals surface area contributed by atoms with E-state index in [1.807, 2.05) is 6.92 Å². The number of aryl methyl sites for hydroxylation is 1. The predicted molar refractivity (Wildman–Crippen MR) is 83.8 cm³/mol. The minimum absolute atomic E-state index is 0.203. The maximum absolute atomic E-state index is 12.3. The van der Waals surface area contributed by atoms with Gasteiger partial charge in [0.1, 0.15) is 15.9 Å². The topological polar surface area (TPSA) is 72.5 Å². The molecule has 0 aliphatic carbocycles. The molecule has 5 nitrogen and oxygen atoms in total. The fourth-order valence-electron chi connectivity index (χ4n) is 1.60. The summed E-state index contributed by atoms with van der Waals surface area (Å²) in [6.45, 7) is 10.6. The summed E-state index contributed by atoms with van der Waals surface area (Å²) < 4.78 is 32.6. The Hall–Kier alpha value is -0.920. The zero-order chi connectivity index (χ0) is 16.4. The average molecular weight is 333 g/mol. The van der Waals surface area contributed by atoms with Crippen LogP contribution in [0.15, 0.2) is 16.3 Å². The second-order valence-electron chi connectivity index (χ2n) is 6.24. The molecule has 0 fully saturated rings. The van der Waals surface area contributed by atoms with E-state index in [1.54, 1.807) is 40.7 Å². The lowest BCUT2D eigenvalue weighted by Crippen LogP contribution is -2.47. The standard InChI is InChI=1S/C14H23NO4S2/c1-9(2)12(13(16)19-14(4,5)6)15-21(17,18)11-8-7-10(3)20-11/h7-9,12,15H,1-6H3/t12-/m1/s1. The third-order valence-electron chi connectivity index (χ3n) is 2.59. The van der Waals surface area contributed by atoms with Crippen molar-refractivity contribution in [2.75, 3.05) is 0 Å². The van der Waals surface area contributed by atoms with Crippen LogP contribution in [-0.4, -0.2) is 26.0 Å². The summed E-state index contributed by atoms with van der Waals surface area (Å²) in [6, 6.07) is 2.36. The van der Waals surface area contributed by atoms with Gasteiger partial charge in [-0.25, -0.2) is 8.42 Å². The Morgan fingerprint density at radius 2 is 1.86 bits per heavy atom. The number of sulfonamides is 1. The number of hydrogen-bond acceptors (Lipinski definition) is 5. The third kappa shape index (κ3) is 5.41. The fraction of sp³-hybridized carbons (Fsp3) is 0.643. The summed E-state index contributed by atoms with van der Waals surface area (Å²) in [5, 5.41) is 0. The van der Waals surface area contributed by atoms with Crippen LogP contribution < -0.4 is 4.72 Å². The molecule has 0 aromatic carbocycles. The molecule has 7 heteroatoms. The molecular formula is C14H23NO4S2. The molecule has 1 aromatic heterocycles. The van der Waals surface area contributed by atoms with Gasteiger partial charge < -0.3 is 4.74 Å². The van der Waals surface area contributed by atoms with E-state index in [-0.39, 0.29) is 10.1 Å². The first-order valence-corrected chi connectivity index (χ1v) is 9.04. The van der Waals surface area contributed by atoms with E-state index in [0.29, 0.717) is 0 Å². The molecule has 21 heavy (non-hydrogen) atoms. The van der Waals surface area contributed by atoms with Crippen molar-refractivity contribution in [3.8, 4) is 0 Å². The summed E-state index contributed by atoms with van der Waals surface area (Å²) in [4.78, 5) is 13.1. The first-order chi connectivity index (χ1) is 9.42. The zero-order valence-electron chi connectivity index (χ0n) is 13.3. The first-order valence-electron chi connectivity index (χ1n) is 6.74. The quantitative estimate of drug-likeness (QED) is 0.841. The van der Waals surface area contributed by atoms with E-state index in [9.17, 15) is 13.2 Å². The molecule has 0 spiro atoms. The molecule has 0 aliphatic rings. The molecule has 0 saturated carbocycles. The van der Waals surface area contributed by atoms with E-state index >= 15 is 0 Å². The van der Waals surface area contributed by atoms with Crippen molar-refractivity contribution in [3.05, 3.63) is 17.0 Å². The van der Waals surface area contributed by atoms with E-state index in [1.165, 1.54) is 17.4 Å². The van der Waals surface area contributed by atoms with E-state index in [0.717, 1.165) is 4.88 Å². The molecule has 1 aromatic rings. The number of hydrogen-bond donors (Lipinski definition) is 1. The van der Waals surface area contributed by atoms with Gasteiger partial charge in [0, 0.05) is 4.88 Å². The molecule has 0 bridgehead atoms. The van der Waals surface area contributed by atoms with Crippen LogP contribution in [0.3, 0.4) is 0 Å². The number of carbonyl (C=O) groups excluding carboxylic acids is 1. The largest absolute Gasteiger partial charge is 0.459 e. The highest BCUT2D eigenvalue weighted by Gasteiger charge is 2.32. The van der Waals surface area contributed by atoms with Gasteiger partial charge in [-0.3, -0.25) is 4.79 Å². The van der Waals surface area contributed by atoms with E-state index < -0.39 is 27.6 Å². The molecule has 0 radical (unpaired) electrons. The second kappa shape index (κ2) is 6.46. The Morgan fingerprint density at radius 3 is 2.24 bits per heavy atom. The third-order valence-corrected chi connectivity index (χ3v) is 5.52. The molecule has 0 amide bonds. The Morgan fingerprint density at radius 1 is 1.29 bits per heavy atom. The normalized spacial score (nSPS) is 14.2. The highest BCUT2D eigenvalue weighted by atomic mass is 32.2. The monoisotopic (exact) mass is 333 g/mol. The van der Waals surface area contributed by atoms with Gasteiger partial charge in [0.25, 0.3) is 10.0 Å². The highest BCUT2D eigenvalue weighted by Crippen LogP contribution is 2.22. The van der Waals surface area contributed by atoms with Crippen molar-refractivity contribution in [1.29, 1.82) is 0 Å². The SMILES string of the molecule is Cc1ccc(S(=O)(=O)N[C@@H](C(=O)OC(C)(C)C)C(C)C)s1. The van der Waals surface area contributed by atoms with Crippen LogP contribution in [0.25, 0.3) is 0 Å². The molecular weight excluding hydrogens is 310 g/mol. The number of carbonyl (C=O) groups is 1. The minimum Gasteiger partial charge on any atom is -0.459 e. The van der Waals surface area contributed by atoms with E-state index in [2.05, 4.69) is 4.72 Å². The molecule has 1 heterocycles. The predicted octanol–water partition coefficient (Wildman–Crippen LogP) is 2.70. The van der Waals surface area contributed by atoms with Gasteiger partial charge in [-0.2, -0.15) is 4.72 Å². The van der Waals surface area contributed by atoms with Gasteiger partial charge in [0.2, 0.25) is 0 Å². The first kappa shape index (κ1) is 18.1. The average Bonchev–Trinajstić information content (AvgIpc) is 2.70. The van der Waals surface area contributed by atoms with E-state index in [4.69, 9.17) is 4.74 Å². The second-order valence-corrected chi connectivity index (χ2v) is 9.47. The van der Waals surface area contributed by atoms with Gasteiger partial charge in [-0.05, 0) is 45.7 Å². The Kier molecular flexibility index (Phi) is 5.57. The van der Waals surface area contributed by atoms with Crippen LogP contribution in [0.5, 0.6) is 0 Å². The number of thiophene rings is 1. The lowest BCUT2D eigenvalue weighted by molar-refractivity contribution is -0.158. The molecule has 0 saturated heterocycles. The van der Waals surface area contributed by atoms with Gasteiger partial charge in [-0.1, -0.05) is 13.8 Å². The van der Waals surface area contributed by atoms with Gasteiger partial charge in [-0.15, -0.1) is 11.3 Å². The van der Waals surface area contributed by atoms with Gasteiger partial charge in [0.05, 0.1) is 0 Å². The van der Waals surface area contributed by atoms with Gasteiger partial charge >= 0.3 is 5.97 Å².